The lowest BCUT2D eigenvalue weighted by atomic mass is 9.92. The number of nitrogens with zero attached hydrogens (tertiary/aromatic N) is 1. The number of aryl methyl sites for hydroxylation is 2. The molecule has 0 unspecified atom stereocenters. The van der Waals surface area contributed by atoms with E-state index in [9.17, 15) is 21.6 Å². The van der Waals surface area contributed by atoms with Gasteiger partial charge in [0.1, 0.15) is 9.96 Å². The first-order valence-electron chi connectivity index (χ1n) is 11.1. The second-order valence-electron chi connectivity index (χ2n) is 8.40. The number of hydrogen-bond acceptors (Lipinski definition) is 7. The van der Waals surface area contributed by atoms with Gasteiger partial charge in [-0.2, -0.15) is 0 Å². The van der Waals surface area contributed by atoms with Gasteiger partial charge < -0.3 is 15.4 Å². The number of ether oxygens (including phenoxy) is 1. The maximum atomic E-state index is 13.2. The third-order valence-electron chi connectivity index (χ3n) is 5.84. The van der Waals surface area contributed by atoms with E-state index in [1.165, 1.54) is 6.07 Å². The molecule has 2 aromatic carbocycles. The molecule has 11 heteroatoms. The smallest absolute Gasteiger partial charge is 0.405 e. The lowest BCUT2D eigenvalue weighted by Gasteiger charge is -2.34. The first-order valence-corrected chi connectivity index (χ1v) is 13.4. The van der Waals surface area contributed by atoms with Crippen molar-refractivity contribution < 1.29 is 26.3 Å². The van der Waals surface area contributed by atoms with Crippen molar-refractivity contribution in [2.24, 2.45) is 0 Å². The third-order valence-corrected chi connectivity index (χ3v) is 9.28. The molecule has 3 aromatic rings. The third kappa shape index (κ3) is 6.03. The van der Waals surface area contributed by atoms with Crippen molar-refractivity contribution in [1.82, 2.24) is 15.6 Å². The molecular formula is C24H26F3N3O3S2. The minimum Gasteiger partial charge on any atom is -0.405 e. The number of benzene rings is 2. The molecule has 0 bridgehead atoms. The van der Waals surface area contributed by atoms with E-state index in [4.69, 9.17) is 0 Å². The zero-order chi connectivity index (χ0) is 25.2. The number of aromatic nitrogens is 1. The highest BCUT2D eigenvalue weighted by Crippen LogP contribution is 2.34. The summed E-state index contributed by atoms with van der Waals surface area (Å²) in [6.45, 7) is 4.14. The summed E-state index contributed by atoms with van der Waals surface area (Å²) in [6.07, 6.45) is -3.18. The number of rotatable bonds is 7. The van der Waals surface area contributed by atoms with E-state index in [0.717, 1.165) is 48.4 Å². The highest BCUT2D eigenvalue weighted by atomic mass is 32.2. The molecule has 2 heterocycles. The predicted octanol–water partition coefficient (Wildman–Crippen LogP) is 5.07. The molecule has 0 saturated carbocycles. The molecule has 1 saturated heterocycles. The van der Waals surface area contributed by atoms with Gasteiger partial charge in [-0.25, -0.2) is 13.4 Å². The molecule has 4 rings (SSSR count). The molecule has 2 N–H and O–H groups in total. The van der Waals surface area contributed by atoms with Gasteiger partial charge in [-0.15, -0.1) is 24.5 Å². The Morgan fingerprint density at radius 2 is 1.91 bits per heavy atom. The molecule has 1 fully saturated rings. The average molecular weight is 526 g/mol. The van der Waals surface area contributed by atoms with Crippen LogP contribution < -0.4 is 15.4 Å². The van der Waals surface area contributed by atoms with Crippen LogP contribution in [0.1, 0.15) is 40.7 Å². The molecule has 1 aliphatic heterocycles. The second-order valence-corrected chi connectivity index (χ2v) is 11.7. The van der Waals surface area contributed by atoms with Gasteiger partial charge in [0.05, 0.1) is 15.6 Å². The van der Waals surface area contributed by atoms with Gasteiger partial charge in [-0.3, -0.25) is 0 Å². The topological polar surface area (TPSA) is 80.3 Å². The number of hydrogen-bond donors (Lipinski definition) is 2. The van der Waals surface area contributed by atoms with Crippen LogP contribution in [0.4, 0.5) is 13.2 Å². The summed E-state index contributed by atoms with van der Waals surface area (Å²) in [5.41, 5.74) is 1.55. The second kappa shape index (κ2) is 10.3. The summed E-state index contributed by atoms with van der Waals surface area (Å²) in [4.78, 5) is 4.07. The number of piperidine rings is 1. The Labute approximate surface area is 206 Å². The van der Waals surface area contributed by atoms with Crippen molar-refractivity contribution >= 4 is 21.2 Å². The van der Waals surface area contributed by atoms with E-state index < -0.39 is 21.9 Å². The van der Waals surface area contributed by atoms with Gasteiger partial charge in [0.15, 0.2) is 0 Å². The Kier molecular flexibility index (Phi) is 7.51. The number of thiazole rings is 1. The molecule has 35 heavy (non-hydrogen) atoms. The summed E-state index contributed by atoms with van der Waals surface area (Å²) < 4.78 is 70.0. The van der Waals surface area contributed by atoms with Crippen LogP contribution >= 0.6 is 11.3 Å². The molecule has 0 spiro atoms. The number of nitrogens with one attached hydrogen (secondary N) is 2. The van der Waals surface area contributed by atoms with Crippen LogP contribution in [0.2, 0.25) is 0 Å². The Morgan fingerprint density at radius 3 is 2.57 bits per heavy atom. The van der Waals surface area contributed by atoms with Crippen molar-refractivity contribution in [2.45, 2.75) is 60.8 Å². The molecule has 2 atom stereocenters. The van der Waals surface area contributed by atoms with Crippen molar-refractivity contribution in [3.05, 3.63) is 70.4 Å². The van der Waals surface area contributed by atoms with Gasteiger partial charge >= 0.3 is 6.36 Å². The standard InChI is InChI=1S/C24H26F3N3O3S2/c1-15-23(34-16(2)30-15)35(31,32)19-10-11-21(33-24(25,26)27)18(13-19)14-29-20-9-6-12-28-22(20)17-7-4-3-5-8-17/h3-5,7-8,10-11,13,20,22,28-29H,6,9,12,14H2,1-2H3/t20-,22-/m0/s1. The minimum atomic E-state index is -4.90. The normalized spacial score (nSPS) is 19.0. The Hall–Kier alpha value is -2.47. The average Bonchev–Trinajstić information content (AvgIpc) is 3.16. The van der Waals surface area contributed by atoms with Gasteiger partial charge in [0, 0.05) is 24.2 Å². The minimum absolute atomic E-state index is 0.00511. The number of alkyl halides is 3. The van der Waals surface area contributed by atoms with Crippen LogP contribution in [-0.2, 0) is 16.4 Å². The van der Waals surface area contributed by atoms with Crippen LogP contribution in [0, 0.1) is 13.8 Å². The predicted molar refractivity (Wildman–Crippen MR) is 127 cm³/mol. The van der Waals surface area contributed by atoms with Crippen molar-refractivity contribution in [1.29, 1.82) is 0 Å². The zero-order valence-electron chi connectivity index (χ0n) is 19.2. The molecule has 188 valence electrons. The van der Waals surface area contributed by atoms with Crippen LogP contribution in [0.5, 0.6) is 5.75 Å². The Balaban J connectivity index is 1.64. The van der Waals surface area contributed by atoms with Gasteiger partial charge in [-0.05, 0) is 57.0 Å². The van der Waals surface area contributed by atoms with Crippen LogP contribution in [0.15, 0.2) is 57.6 Å². The lowest BCUT2D eigenvalue weighted by molar-refractivity contribution is -0.274. The summed E-state index contributed by atoms with van der Waals surface area (Å²) in [7, 11) is -3.95. The number of sulfone groups is 1. The largest absolute Gasteiger partial charge is 0.573 e. The monoisotopic (exact) mass is 525 g/mol. The van der Waals surface area contributed by atoms with E-state index in [1.54, 1.807) is 13.8 Å². The van der Waals surface area contributed by atoms with Gasteiger partial charge in [0.25, 0.3) is 0 Å². The lowest BCUT2D eigenvalue weighted by Crippen LogP contribution is -2.45. The first kappa shape index (κ1) is 25.6. The van der Waals surface area contributed by atoms with Crippen molar-refractivity contribution in [3.8, 4) is 5.75 Å². The summed E-state index contributed by atoms with van der Waals surface area (Å²) in [5, 5.41) is 7.39. The fraction of sp³-hybridized carbons (Fsp3) is 0.375. The van der Waals surface area contributed by atoms with E-state index in [0.29, 0.717) is 10.7 Å². The maximum Gasteiger partial charge on any atom is 0.573 e. The molecule has 0 aliphatic carbocycles. The Bertz CT molecular complexity index is 1280. The summed E-state index contributed by atoms with van der Waals surface area (Å²) >= 11 is 1.04. The van der Waals surface area contributed by atoms with Crippen LogP contribution in [0.25, 0.3) is 0 Å². The fourth-order valence-corrected chi connectivity index (χ4v) is 7.24. The molecule has 0 radical (unpaired) electrons. The fourth-order valence-electron chi connectivity index (χ4n) is 4.31. The summed E-state index contributed by atoms with van der Waals surface area (Å²) in [5.74, 6) is -0.429. The quantitative estimate of drug-likeness (QED) is 0.448. The molecular weight excluding hydrogens is 499 g/mol. The van der Waals surface area contributed by atoms with E-state index in [-0.39, 0.29) is 33.3 Å². The maximum absolute atomic E-state index is 13.2. The zero-order valence-corrected chi connectivity index (χ0v) is 20.9. The highest BCUT2D eigenvalue weighted by molar-refractivity contribution is 7.93. The van der Waals surface area contributed by atoms with Gasteiger partial charge in [-0.1, -0.05) is 30.3 Å². The molecule has 1 aromatic heterocycles. The van der Waals surface area contributed by atoms with Crippen LogP contribution in [-0.4, -0.2) is 32.4 Å². The summed E-state index contributed by atoms with van der Waals surface area (Å²) in [6, 6.07) is 13.2. The Morgan fingerprint density at radius 1 is 1.17 bits per heavy atom. The first-order chi connectivity index (χ1) is 16.5. The highest BCUT2D eigenvalue weighted by Gasteiger charge is 2.33. The molecule has 1 aliphatic rings. The van der Waals surface area contributed by atoms with E-state index in [2.05, 4.69) is 20.4 Å². The molecule has 6 nitrogen and oxygen atoms in total. The van der Waals surface area contributed by atoms with E-state index in [1.807, 2.05) is 30.3 Å². The molecule has 0 amide bonds. The van der Waals surface area contributed by atoms with E-state index >= 15 is 0 Å². The van der Waals surface area contributed by atoms with Gasteiger partial charge in [0.2, 0.25) is 9.84 Å². The van der Waals surface area contributed by atoms with Crippen molar-refractivity contribution in [3.63, 3.8) is 0 Å². The SMILES string of the molecule is Cc1nc(C)c(S(=O)(=O)c2ccc(OC(F)(F)F)c(CN[C@H]3CCCN[C@H]3c3ccccc3)c2)s1. The number of halogens is 3. The van der Waals surface area contributed by atoms with Crippen molar-refractivity contribution in [2.75, 3.05) is 6.54 Å². The van der Waals surface area contributed by atoms with Crippen LogP contribution in [0.3, 0.4) is 0 Å².